The van der Waals surface area contributed by atoms with Gasteiger partial charge in [-0.3, -0.25) is 4.68 Å². The van der Waals surface area contributed by atoms with Crippen molar-refractivity contribution in [2.24, 2.45) is 0 Å². The SMILES string of the molecule is CCN(CCCn1ccc(N)n1)C(C)C. The van der Waals surface area contributed by atoms with Crippen LogP contribution in [0.25, 0.3) is 0 Å². The number of aromatic nitrogens is 2. The third-order valence-corrected chi connectivity index (χ3v) is 2.63. The van der Waals surface area contributed by atoms with E-state index in [1.165, 1.54) is 0 Å². The molecule has 0 aliphatic carbocycles. The molecule has 0 spiro atoms. The lowest BCUT2D eigenvalue weighted by Crippen LogP contribution is -2.32. The molecule has 2 N–H and O–H groups in total. The fraction of sp³-hybridized carbons (Fsp3) is 0.727. The quantitative estimate of drug-likeness (QED) is 0.775. The molecule has 0 aliphatic heterocycles. The van der Waals surface area contributed by atoms with E-state index in [1.807, 2.05) is 16.9 Å². The Balaban J connectivity index is 2.26. The highest BCUT2D eigenvalue weighted by Crippen LogP contribution is 2.01. The maximum atomic E-state index is 5.54. The Morgan fingerprint density at radius 2 is 2.27 bits per heavy atom. The first-order chi connectivity index (χ1) is 7.13. The first-order valence-electron chi connectivity index (χ1n) is 5.66. The van der Waals surface area contributed by atoms with Crippen molar-refractivity contribution in [3.63, 3.8) is 0 Å². The number of nitrogens with zero attached hydrogens (tertiary/aromatic N) is 3. The van der Waals surface area contributed by atoms with Crippen LogP contribution in [0.15, 0.2) is 12.3 Å². The molecule has 0 unspecified atom stereocenters. The van der Waals surface area contributed by atoms with Crippen LogP contribution < -0.4 is 5.73 Å². The molecular weight excluding hydrogens is 188 g/mol. The molecule has 1 rings (SSSR count). The molecule has 1 heterocycles. The van der Waals surface area contributed by atoms with Crippen molar-refractivity contribution in [2.75, 3.05) is 18.8 Å². The second-order valence-electron chi connectivity index (χ2n) is 4.08. The molecule has 0 amide bonds. The minimum atomic E-state index is 0.603. The van der Waals surface area contributed by atoms with Crippen molar-refractivity contribution in [3.8, 4) is 0 Å². The van der Waals surface area contributed by atoms with Crippen LogP contribution in [0.2, 0.25) is 0 Å². The predicted octanol–water partition coefficient (Wildman–Crippen LogP) is 1.59. The first kappa shape index (κ1) is 12.0. The summed E-state index contributed by atoms with van der Waals surface area (Å²) in [6.45, 7) is 9.84. The first-order valence-corrected chi connectivity index (χ1v) is 5.66. The van der Waals surface area contributed by atoms with Crippen LogP contribution in [-0.2, 0) is 6.54 Å². The summed E-state index contributed by atoms with van der Waals surface area (Å²) < 4.78 is 1.91. The zero-order valence-corrected chi connectivity index (χ0v) is 9.98. The highest BCUT2D eigenvalue weighted by atomic mass is 15.3. The van der Waals surface area contributed by atoms with Crippen molar-refractivity contribution in [3.05, 3.63) is 12.3 Å². The highest BCUT2D eigenvalue weighted by Gasteiger charge is 2.05. The Morgan fingerprint density at radius 3 is 2.73 bits per heavy atom. The van der Waals surface area contributed by atoms with Gasteiger partial charge >= 0.3 is 0 Å². The standard InChI is InChI=1S/C11H22N4/c1-4-14(10(2)3)7-5-8-15-9-6-11(12)13-15/h6,9-10H,4-5,7-8H2,1-3H3,(H2,12,13). The minimum absolute atomic E-state index is 0.603. The van der Waals surface area contributed by atoms with Gasteiger partial charge in [0.25, 0.3) is 0 Å². The summed E-state index contributed by atoms with van der Waals surface area (Å²) in [7, 11) is 0. The van der Waals surface area contributed by atoms with E-state index in [2.05, 4.69) is 30.8 Å². The lowest BCUT2D eigenvalue weighted by atomic mass is 10.3. The summed E-state index contributed by atoms with van der Waals surface area (Å²) in [4.78, 5) is 2.45. The van der Waals surface area contributed by atoms with Gasteiger partial charge in [-0.15, -0.1) is 0 Å². The summed E-state index contributed by atoms with van der Waals surface area (Å²) in [5, 5.41) is 4.15. The van der Waals surface area contributed by atoms with Crippen LogP contribution in [0.5, 0.6) is 0 Å². The fourth-order valence-corrected chi connectivity index (χ4v) is 1.72. The average molecular weight is 210 g/mol. The van der Waals surface area contributed by atoms with Crippen LogP contribution in [0.1, 0.15) is 27.2 Å². The van der Waals surface area contributed by atoms with Crippen molar-refractivity contribution in [1.82, 2.24) is 14.7 Å². The van der Waals surface area contributed by atoms with Gasteiger partial charge in [0.05, 0.1) is 0 Å². The lowest BCUT2D eigenvalue weighted by molar-refractivity contribution is 0.226. The van der Waals surface area contributed by atoms with E-state index in [9.17, 15) is 0 Å². The molecule has 1 aromatic rings. The van der Waals surface area contributed by atoms with Crippen molar-refractivity contribution in [2.45, 2.75) is 39.8 Å². The fourth-order valence-electron chi connectivity index (χ4n) is 1.72. The van der Waals surface area contributed by atoms with Crippen LogP contribution in [0.3, 0.4) is 0 Å². The van der Waals surface area contributed by atoms with Crippen molar-refractivity contribution < 1.29 is 0 Å². The molecule has 1 aromatic heterocycles. The number of hydrogen-bond donors (Lipinski definition) is 1. The number of rotatable bonds is 6. The number of nitrogens with two attached hydrogens (primary N) is 1. The molecule has 0 bridgehead atoms. The molecule has 0 fully saturated rings. The number of aryl methyl sites for hydroxylation is 1. The summed E-state index contributed by atoms with van der Waals surface area (Å²) in [5.41, 5.74) is 5.54. The van der Waals surface area contributed by atoms with E-state index in [0.717, 1.165) is 26.1 Å². The topological polar surface area (TPSA) is 47.1 Å². The number of nitrogen functional groups attached to an aromatic ring is 1. The van der Waals surface area contributed by atoms with Crippen molar-refractivity contribution >= 4 is 5.82 Å². The number of anilines is 1. The molecule has 0 saturated heterocycles. The van der Waals surface area contributed by atoms with E-state index in [1.54, 1.807) is 0 Å². The summed E-state index contributed by atoms with van der Waals surface area (Å²) in [6, 6.07) is 2.46. The molecule has 15 heavy (non-hydrogen) atoms. The molecular formula is C11H22N4. The third-order valence-electron chi connectivity index (χ3n) is 2.63. The van der Waals surface area contributed by atoms with Gasteiger partial charge in [-0.25, -0.2) is 0 Å². The Labute approximate surface area is 92.1 Å². The second kappa shape index (κ2) is 5.75. The largest absolute Gasteiger partial charge is 0.382 e. The Kier molecular flexibility index (Phi) is 4.62. The van der Waals surface area contributed by atoms with Crippen LogP contribution in [0.4, 0.5) is 5.82 Å². The van der Waals surface area contributed by atoms with E-state index in [4.69, 9.17) is 5.73 Å². The van der Waals surface area contributed by atoms with E-state index in [0.29, 0.717) is 11.9 Å². The lowest BCUT2D eigenvalue weighted by Gasteiger charge is -2.24. The average Bonchev–Trinajstić information content (AvgIpc) is 2.58. The molecule has 0 aromatic carbocycles. The van der Waals surface area contributed by atoms with Gasteiger partial charge in [0.2, 0.25) is 0 Å². The molecule has 0 radical (unpaired) electrons. The van der Waals surface area contributed by atoms with E-state index < -0.39 is 0 Å². The molecule has 4 heteroatoms. The minimum Gasteiger partial charge on any atom is -0.382 e. The van der Waals surface area contributed by atoms with Gasteiger partial charge in [-0.05, 0) is 32.9 Å². The highest BCUT2D eigenvalue weighted by molar-refractivity contribution is 5.23. The predicted molar refractivity (Wildman–Crippen MR) is 63.6 cm³/mol. The Hall–Kier alpha value is -1.03. The van der Waals surface area contributed by atoms with Gasteiger partial charge in [-0.1, -0.05) is 6.92 Å². The van der Waals surface area contributed by atoms with Crippen LogP contribution >= 0.6 is 0 Å². The summed E-state index contributed by atoms with van der Waals surface area (Å²) in [6.07, 6.45) is 3.05. The summed E-state index contributed by atoms with van der Waals surface area (Å²) >= 11 is 0. The van der Waals surface area contributed by atoms with E-state index in [-0.39, 0.29) is 0 Å². The molecule has 0 atom stereocenters. The summed E-state index contributed by atoms with van der Waals surface area (Å²) in [5.74, 6) is 0.603. The normalized spacial score (nSPS) is 11.5. The second-order valence-corrected chi connectivity index (χ2v) is 4.08. The molecule has 86 valence electrons. The zero-order valence-electron chi connectivity index (χ0n) is 9.98. The maximum absolute atomic E-state index is 5.54. The smallest absolute Gasteiger partial charge is 0.145 e. The van der Waals surface area contributed by atoms with E-state index >= 15 is 0 Å². The van der Waals surface area contributed by atoms with Gasteiger partial charge in [0.15, 0.2) is 0 Å². The zero-order chi connectivity index (χ0) is 11.3. The molecule has 4 nitrogen and oxygen atoms in total. The third kappa shape index (κ3) is 3.91. The number of hydrogen-bond acceptors (Lipinski definition) is 3. The van der Waals surface area contributed by atoms with Gasteiger partial charge in [0.1, 0.15) is 5.82 Å². The van der Waals surface area contributed by atoms with Gasteiger partial charge in [0, 0.05) is 25.3 Å². The molecule has 0 saturated carbocycles. The Morgan fingerprint density at radius 1 is 1.53 bits per heavy atom. The maximum Gasteiger partial charge on any atom is 0.145 e. The van der Waals surface area contributed by atoms with Crippen molar-refractivity contribution in [1.29, 1.82) is 0 Å². The van der Waals surface area contributed by atoms with Crippen LogP contribution in [-0.4, -0.2) is 33.8 Å². The monoisotopic (exact) mass is 210 g/mol. The molecule has 0 aliphatic rings. The van der Waals surface area contributed by atoms with Gasteiger partial charge < -0.3 is 10.6 Å². The van der Waals surface area contributed by atoms with Crippen LogP contribution in [0, 0.1) is 0 Å². The van der Waals surface area contributed by atoms with Gasteiger partial charge in [-0.2, -0.15) is 5.10 Å². The Bertz CT molecular complexity index is 280.